The van der Waals surface area contributed by atoms with E-state index in [1.54, 1.807) is 24.9 Å². The molecule has 0 saturated heterocycles. The molecule has 4 aromatic rings. The van der Waals surface area contributed by atoms with Crippen LogP contribution in [0.1, 0.15) is 16.2 Å². The van der Waals surface area contributed by atoms with E-state index >= 15 is 0 Å². The Labute approximate surface area is 142 Å². The molecular weight excluding hydrogens is 320 g/mol. The quantitative estimate of drug-likeness (QED) is 0.596. The van der Waals surface area contributed by atoms with Gasteiger partial charge in [0, 0.05) is 25.0 Å². The Morgan fingerprint density at radius 1 is 1.36 bits per heavy atom. The summed E-state index contributed by atoms with van der Waals surface area (Å²) >= 11 is 0. The largest absolute Gasteiger partial charge is 0.480 e. The van der Waals surface area contributed by atoms with Gasteiger partial charge in [0.25, 0.3) is 5.91 Å². The number of rotatable bonds is 3. The van der Waals surface area contributed by atoms with E-state index in [1.165, 1.54) is 0 Å². The van der Waals surface area contributed by atoms with Crippen LogP contribution in [-0.4, -0.2) is 44.6 Å². The normalized spacial score (nSPS) is 11.2. The first kappa shape index (κ1) is 15.1. The number of hydrogen-bond acceptors (Lipinski definition) is 5. The van der Waals surface area contributed by atoms with Gasteiger partial charge in [0.05, 0.1) is 29.8 Å². The minimum Gasteiger partial charge on any atom is -0.480 e. The smallest absolute Gasteiger partial charge is 0.254 e. The van der Waals surface area contributed by atoms with Crippen molar-refractivity contribution < 1.29 is 9.53 Å². The number of hydrogen-bond donors (Lipinski definition) is 2. The fourth-order valence-corrected chi connectivity index (χ4v) is 2.94. The summed E-state index contributed by atoms with van der Waals surface area (Å²) in [6.45, 7) is 1.82. The van der Waals surface area contributed by atoms with Crippen LogP contribution in [0.2, 0.25) is 0 Å². The molecule has 0 aliphatic carbocycles. The van der Waals surface area contributed by atoms with Crippen LogP contribution in [-0.2, 0) is 0 Å². The second kappa shape index (κ2) is 5.59. The summed E-state index contributed by atoms with van der Waals surface area (Å²) < 4.78 is 7.10. The van der Waals surface area contributed by atoms with Crippen LogP contribution in [0.15, 0.2) is 30.7 Å². The standard InChI is InChI=1S/C17H16N6O2/c1-9-21-15-14(17(22-9)25-3)11(7-19-15)10-4-5-23-13(6-10)12(8-20-23)16(24)18-2/h4-8H,1-3H3,(H,18,24)(H,19,21,22). The van der Waals surface area contributed by atoms with Crippen LogP contribution in [0.3, 0.4) is 0 Å². The number of pyridine rings is 1. The maximum atomic E-state index is 12.0. The number of amides is 1. The summed E-state index contributed by atoms with van der Waals surface area (Å²) in [5.74, 6) is 0.965. The van der Waals surface area contributed by atoms with Crippen molar-refractivity contribution in [1.82, 2.24) is 29.9 Å². The van der Waals surface area contributed by atoms with Crippen LogP contribution in [0.25, 0.3) is 27.7 Å². The summed E-state index contributed by atoms with van der Waals surface area (Å²) in [6, 6.07) is 3.84. The van der Waals surface area contributed by atoms with Crippen molar-refractivity contribution in [3.8, 4) is 17.0 Å². The lowest BCUT2D eigenvalue weighted by Gasteiger charge is -2.06. The molecule has 4 heterocycles. The monoisotopic (exact) mass is 336 g/mol. The van der Waals surface area contributed by atoms with E-state index in [1.807, 2.05) is 31.5 Å². The number of aromatic nitrogens is 5. The minimum atomic E-state index is -0.178. The fourth-order valence-electron chi connectivity index (χ4n) is 2.94. The fraction of sp³-hybridized carbons (Fsp3) is 0.176. The molecule has 4 rings (SSSR count). The van der Waals surface area contributed by atoms with Gasteiger partial charge in [-0.25, -0.2) is 9.50 Å². The molecule has 0 fully saturated rings. The predicted octanol–water partition coefficient (Wildman–Crippen LogP) is 1.95. The summed E-state index contributed by atoms with van der Waals surface area (Å²) in [4.78, 5) is 24.0. The van der Waals surface area contributed by atoms with E-state index in [-0.39, 0.29) is 5.91 Å². The summed E-state index contributed by atoms with van der Waals surface area (Å²) in [6.07, 6.45) is 5.24. The van der Waals surface area contributed by atoms with E-state index < -0.39 is 0 Å². The van der Waals surface area contributed by atoms with Crippen molar-refractivity contribution in [1.29, 1.82) is 0 Å². The van der Waals surface area contributed by atoms with Crippen molar-refractivity contribution in [2.45, 2.75) is 6.92 Å². The molecule has 0 aliphatic heterocycles. The van der Waals surface area contributed by atoms with E-state index in [0.29, 0.717) is 22.9 Å². The van der Waals surface area contributed by atoms with Gasteiger partial charge in [0.1, 0.15) is 11.5 Å². The van der Waals surface area contributed by atoms with Gasteiger partial charge in [-0.15, -0.1) is 0 Å². The third kappa shape index (κ3) is 2.30. The Bertz CT molecular complexity index is 1110. The Morgan fingerprint density at radius 2 is 2.20 bits per heavy atom. The molecule has 126 valence electrons. The Hall–Kier alpha value is -3.42. The molecule has 8 nitrogen and oxygen atoms in total. The van der Waals surface area contributed by atoms with Crippen LogP contribution >= 0.6 is 0 Å². The Morgan fingerprint density at radius 3 is 2.96 bits per heavy atom. The SMILES string of the molecule is CNC(=O)c1cnn2ccc(-c3c[nH]c4nc(C)nc(OC)c34)cc12. The third-order valence-corrected chi connectivity index (χ3v) is 4.11. The lowest BCUT2D eigenvalue weighted by Crippen LogP contribution is -2.17. The van der Waals surface area contributed by atoms with Crippen molar-refractivity contribution in [2.24, 2.45) is 0 Å². The molecule has 0 aromatic carbocycles. The molecule has 1 amide bonds. The highest BCUT2D eigenvalue weighted by molar-refractivity contribution is 6.02. The summed E-state index contributed by atoms with van der Waals surface area (Å²) in [5, 5.41) is 7.65. The number of fused-ring (bicyclic) bond motifs is 2. The molecule has 0 radical (unpaired) electrons. The second-order valence-corrected chi connectivity index (χ2v) is 5.59. The van der Waals surface area contributed by atoms with Gasteiger partial charge in [-0.05, 0) is 24.6 Å². The maximum Gasteiger partial charge on any atom is 0.254 e. The highest BCUT2D eigenvalue weighted by atomic mass is 16.5. The lowest BCUT2D eigenvalue weighted by molar-refractivity contribution is 0.0964. The van der Waals surface area contributed by atoms with Crippen LogP contribution < -0.4 is 10.1 Å². The number of nitrogens with one attached hydrogen (secondary N) is 2. The van der Waals surface area contributed by atoms with Gasteiger partial charge in [-0.3, -0.25) is 4.79 Å². The molecule has 0 saturated carbocycles. The molecular formula is C17H16N6O2. The van der Waals surface area contributed by atoms with E-state index in [4.69, 9.17) is 4.74 Å². The number of methoxy groups -OCH3 is 1. The third-order valence-electron chi connectivity index (χ3n) is 4.11. The molecule has 2 N–H and O–H groups in total. The van der Waals surface area contributed by atoms with Crippen LogP contribution in [0, 0.1) is 6.92 Å². The molecule has 25 heavy (non-hydrogen) atoms. The average molecular weight is 336 g/mol. The lowest BCUT2D eigenvalue weighted by atomic mass is 10.1. The first-order valence-electron chi connectivity index (χ1n) is 7.72. The molecule has 0 unspecified atom stereocenters. The molecule has 0 atom stereocenters. The highest BCUT2D eigenvalue weighted by Gasteiger charge is 2.17. The Kier molecular flexibility index (Phi) is 3.38. The number of carbonyl (C=O) groups excluding carboxylic acids is 1. The number of carbonyl (C=O) groups is 1. The number of aromatic amines is 1. The minimum absolute atomic E-state index is 0.178. The zero-order chi connectivity index (χ0) is 17.6. The van der Waals surface area contributed by atoms with E-state index in [9.17, 15) is 4.79 Å². The van der Waals surface area contributed by atoms with Gasteiger partial charge in [0.15, 0.2) is 0 Å². The van der Waals surface area contributed by atoms with Crippen LogP contribution in [0.5, 0.6) is 5.88 Å². The molecule has 0 aliphatic rings. The first-order chi connectivity index (χ1) is 12.1. The van der Waals surface area contributed by atoms with Gasteiger partial charge >= 0.3 is 0 Å². The van der Waals surface area contributed by atoms with Gasteiger partial charge in [-0.2, -0.15) is 10.1 Å². The summed E-state index contributed by atoms with van der Waals surface area (Å²) in [5.41, 5.74) is 3.76. The number of aryl methyl sites for hydroxylation is 1. The topological polar surface area (TPSA) is 97.2 Å². The van der Waals surface area contributed by atoms with Crippen molar-refractivity contribution in [2.75, 3.05) is 14.2 Å². The molecule has 8 heteroatoms. The van der Waals surface area contributed by atoms with Crippen molar-refractivity contribution >= 4 is 22.5 Å². The zero-order valence-electron chi connectivity index (χ0n) is 14.0. The highest BCUT2D eigenvalue weighted by Crippen LogP contribution is 2.34. The molecule has 0 bridgehead atoms. The Balaban J connectivity index is 1.96. The number of ether oxygens (including phenoxy) is 1. The second-order valence-electron chi connectivity index (χ2n) is 5.59. The van der Waals surface area contributed by atoms with Crippen molar-refractivity contribution in [3.05, 3.63) is 42.1 Å². The molecule has 4 aromatic heterocycles. The van der Waals surface area contributed by atoms with Gasteiger partial charge in [0.2, 0.25) is 5.88 Å². The number of nitrogens with zero attached hydrogens (tertiary/aromatic N) is 4. The van der Waals surface area contributed by atoms with Gasteiger partial charge in [-0.1, -0.05) is 0 Å². The first-order valence-corrected chi connectivity index (χ1v) is 7.72. The van der Waals surface area contributed by atoms with Gasteiger partial charge < -0.3 is 15.0 Å². The average Bonchev–Trinajstić information content (AvgIpc) is 3.23. The van der Waals surface area contributed by atoms with E-state index in [2.05, 4.69) is 25.4 Å². The van der Waals surface area contributed by atoms with Crippen LogP contribution in [0.4, 0.5) is 0 Å². The molecule has 0 spiro atoms. The van der Waals surface area contributed by atoms with Crippen molar-refractivity contribution in [3.63, 3.8) is 0 Å². The van der Waals surface area contributed by atoms with E-state index in [0.717, 1.165) is 22.0 Å². The predicted molar refractivity (Wildman–Crippen MR) is 92.8 cm³/mol. The number of H-pyrrole nitrogens is 1. The zero-order valence-corrected chi connectivity index (χ0v) is 14.0. The maximum absolute atomic E-state index is 12.0. The summed E-state index contributed by atoms with van der Waals surface area (Å²) in [7, 11) is 3.18.